The van der Waals surface area contributed by atoms with E-state index >= 15 is 0 Å². The summed E-state index contributed by atoms with van der Waals surface area (Å²) in [6.07, 6.45) is 0.0536. The molecule has 0 heterocycles. The molecule has 0 saturated carbocycles. The lowest BCUT2D eigenvalue weighted by Crippen LogP contribution is -2.17. The van der Waals surface area contributed by atoms with E-state index in [1.165, 1.54) is 0 Å². The molecule has 5 nitrogen and oxygen atoms in total. The maximum atomic E-state index is 10.5. The van der Waals surface area contributed by atoms with Gasteiger partial charge in [0.25, 0.3) is 0 Å². The van der Waals surface area contributed by atoms with Gasteiger partial charge in [0, 0.05) is 13.7 Å². The Balaban J connectivity index is 2.28. The largest absolute Gasteiger partial charge is 0.481 e. The summed E-state index contributed by atoms with van der Waals surface area (Å²) in [5.41, 5.74) is 4.63. The Labute approximate surface area is 100 Å². The van der Waals surface area contributed by atoms with Crippen LogP contribution in [-0.2, 0) is 27.3 Å². The molecule has 17 heavy (non-hydrogen) atoms. The van der Waals surface area contributed by atoms with Gasteiger partial charge in [-0.05, 0) is 11.1 Å². The van der Waals surface area contributed by atoms with Gasteiger partial charge in [0.2, 0.25) is 0 Å². The first-order valence-corrected chi connectivity index (χ1v) is 5.35. The average Bonchev–Trinajstić information content (AvgIpc) is 2.30. The summed E-state index contributed by atoms with van der Waals surface area (Å²) in [7, 11) is 1.62. The van der Waals surface area contributed by atoms with Crippen LogP contribution in [-0.4, -0.2) is 31.4 Å². The zero-order valence-corrected chi connectivity index (χ0v) is 9.81. The minimum atomic E-state index is -0.821. The Morgan fingerprint density at radius 3 is 2.47 bits per heavy atom. The summed E-state index contributed by atoms with van der Waals surface area (Å²) in [6, 6.07) is 7.37. The molecule has 0 unspecified atom stereocenters. The molecule has 94 valence electrons. The van der Waals surface area contributed by atoms with E-state index < -0.39 is 5.97 Å². The number of carbonyl (C=O) groups is 1. The molecule has 0 radical (unpaired) electrons. The van der Waals surface area contributed by atoms with Gasteiger partial charge in [0.15, 0.2) is 0 Å². The number of aliphatic carboxylic acids is 1. The average molecular weight is 239 g/mol. The topological polar surface area (TPSA) is 67.8 Å². The van der Waals surface area contributed by atoms with Crippen LogP contribution in [0.25, 0.3) is 0 Å². The van der Waals surface area contributed by atoms with Crippen LogP contribution in [0.2, 0.25) is 0 Å². The zero-order chi connectivity index (χ0) is 12.5. The molecule has 1 rings (SSSR count). The van der Waals surface area contributed by atoms with Gasteiger partial charge >= 0.3 is 5.97 Å². The van der Waals surface area contributed by atoms with E-state index in [2.05, 4.69) is 5.48 Å². The van der Waals surface area contributed by atoms with Gasteiger partial charge < -0.3 is 9.84 Å². The number of hydrogen-bond acceptors (Lipinski definition) is 4. The number of nitrogens with one attached hydrogen (secondary N) is 1. The Bertz CT molecular complexity index is 337. The summed E-state index contributed by atoms with van der Waals surface area (Å²) in [4.78, 5) is 15.6. The molecular weight excluding hydrogens is 222 g/mol. The molecule has 0 bridgehead atoms. The summed E-state index contributed by atoms with van der Waals surface area (Å²) in [5, 5.41) is 8.62. The lowest BCUT2D eigenvalue weighted by Gasteiger charge is -2.06. The molecule has 5 heteroatoms. The maximum absolute atomic E-state index is 10.5. The zero-order valence-electron chi connectivity index (χ0n) is 9.81. The van der Waals surface area contributed by atoms with Crippen molar-refractivity contribution in [2.75, 3.05) is 20.3 Å². The molecule has 0 aliphatic heterocycles. The molecule has 2 N–H and O–H groups in total. The number of carboxylic acids is 1. The Morgan fingerprint density at radius 2 is 1.88 bits per heavy atom. The maximum Gasteiger partial charge on any atom is 0.307 e. The van der Waals surface area contributed by atoms with Gasteiger partial charge in [-0.25, -0.2) is 0 Å². The van der Waals surface area contributed by atoms with Crippen LogP contribution in [0.1, 0.15) is 11.1 Å². The predicted octanol–water partition coefficient (Wildman–Crippen LogP) is 0.981. The van der Waals surface area contributed by atoms with Crippen molar-refractivity contribution in [1.29, 1.82) is 0 Å². The monoisotopic (exact) mass is 239 g/mol. The van der Waals surface area contributed by atoms with E-state index in [9.17, 15) is 4.79 Å². The molecule has 1 aromatic rings. The highest BCUT2D eigenvalue weighted by molar-refractivity contribution is 5.70. The van der Waals surface area contributed by atoms with Crippen molar-refractivity contribution in [2.24, 2.45) is 0 Å². The van der Waals surface area contributed by atoms with Crippen LogP contribution >= 0.6 is 0 Å². The number of rotatable bonds is 8. The third-order valence-electron chi connectivity index (χ3n) is 2.15. The number of ether oxygens (including phenoxy) is 1. The third-order valence-corrected chi connectivity index (χ3v) is 2.15. The molecule has 0 saturated heterocycles. The van der Waals surface area contributed by atoms with Crippen LogP contribution in [0.4, 0.5) is 0 Å². The highest BCUT2D eigenvalue weighted by Crippen LogP contribution is 2.05. The van der Waals surface area contributed by atoms with Crippen molar-refractivity contribution >= 4 is 5.97 Å². The van der Waals surface area contributed by atoms with Crippen molar-refractivity contribution in [2.45, 2.75) is 13.0 Å². The van der Waals surface area contributed by atoms with E-state index in [1.54, 1.807) is 19.2 Å². The first-order chi connectivity index (χ1) is 8.22. The van der Waals surface area contributed by atoms with Gasteiger partial charge in [-0.3, -0.25) is 9.63 Å². The van der Waals surface area contributed by atoms with E-state index in [-0.39, 0.29) is 6.42 Å². The molecular formula is C12H17NO4. The van der Waals surface area contributed by atoms with E-state index in [0.29, 0.717) is 19.8 Å². The second-order valence-electron chi connectivity index (χ2n) is 3.55. The summed E-state index contributed by atoms with van der Waals surface area (Å²) in [5.74, 6) is -0.821. The van der Waals surface area contributed by atoms with Gasteiger partial charge in [-0.15, -0.1) is 0 Å². The standard InChI is InChI=1S/C12H17NO4/c1-16-6-7-17-13-9-11-4-2-10(3-5-11)8-12(14)15/h2-5,13H,6-9H2,1H3,(H,14,15). The van der Waals surface area contributed by atoms with Crippen LogP contribution in [0, 0.1) is 0 Å². The predicted molar refractivity (Wildman–Crippen MR) is 62.4 cm³/mol. The minimum absolute atomic E-state index is 0.0536. The molecule has 0 aliphatic rings. The Hall–Kier alpha value is -1.43. The van der Waals surface area contributed by atoms with Crippen molar-refractivity contribution in [3.63, 3.8) is 0 Å². The summed E-state index contributed by atoms with van der Waals surface area (Å²) < 4.78 is 4.83. The third kappa shape index (κ3) is 6.01. The molecule has 0 fully saturated rings. The number of carboxylic acid groups (broad SMARTS) is 1. The van der Waals surface area contributed by atoms with Crippen LogP contribution in [0.3, 0.4) is 0 Å². The number of hydrogen-bond donors (Lipinski definition) is 2. The lowest BCUT2D eigenvalue weighted by molar-refractivity contribution is -0.136. The highest BCUT2D eigenvalue weighted by atomic mass is 16.7. The molecule has 0 amide bonds. The van der Waals surface area contributed by atoms with Crippen molar-refractivity contribution < 1.29 is 19.5 Å². The van der Waals surface area contributed by atoms with Crippen molar-refractivity contribution in [3.05, 3.63) is 35.4 Å². The smallest absolute Gasteiger partial charge is 0.307 e. The summed E-state index contributed by atoms with van der Waals surface area (Å²) in [6.45, 7) is 1.62. The number of benzene rings is 1. The second-order valence-corrected chi connectivity index (χ2v) is 3.55. The van der Waals surface area contributed by atoms with E-state index in [1.807, 2.05) is 12.1 Å². The Kier molecular flexibility index (Phi) is 6.24. The first kappa shape index (κ1) is 13.6. The molecule has 0 aliphatic carbocycles. The molecule has 0 spiro atoms. The van der Waals surface area contributed by atoms with Gasteiger partial charge in [0.1, 0.15) is 0 Å². The van der Waals surface area contributed by atoms with E-state index in [4.69, 9.17) is 14.7 Å². The van der Waals surface area contributed by atoms with Crippen LogP contribution in [0.5, 0.6) is 0 Å². The normalized spacial score (nSPS) is 10.4. The van der Waals surface area contributed by atoms with E-state index in [0.717, 1.165) is 11.1 Å². The van der Waals surface area contributed by atoms with Crippen LogP contribution in [0.15, 0.2) is 24.3 Å². The minimum Gasteiger partial charge on any atom is -0.481 e. The van der Waals surface area contributed by atoms with Gasteiger partial charge in [-0.1, -0.05) is 24.3 Å². The fourth-order valence-electron chi connectivity index (χ4n) is 1.28. The van der Waals surface area contributed by atoms with Crippen molar-refractivity contribution in [1.82, 2.24) is 5.48 Å². The molecule has 1 aromatic carbocycles. The Morgan fingerprint density at radius 1 is 1.24 bits per heavy atom. The molecule has 0 aromatic heterocycles. The van der Waals surface area contributed by atoms with Gasteiger partial charge in [-0.2, -0.15) is 5.48 Å². The van der Waals surface area contributed by atoms with Crippen molar-refractivity contribution in [3.8, 4) is 0 Å². The SMILES string of the molecule is COCCONCc1ccc(CC(=O)O)cc1. The number of hydroxylamine groups is 1. The highest BCUT2D eigenvalue weighted by Gasteiger charge is 2.00. The molecule has 0 atom stereocenters. The number of methoxy groups -OCH3 is 1. The summed E-state index contributed by atoms with van der Waals surface area (Å²) >= 11 is 0. The van der Waals surface area contributed by atoms with Crippen LogP contribution < -0.4 is 5.48 Å². The fourth-order valence-corrected chi connectivity index (χ4v) is 1.28. The second kappa shape index (κ2) is 7.78. The van der Waals surface area contributed by atoms with Gasteiger partial charge in [0.05, 0.1) is 19.6 Å². The fraction of sp³-hybridized carbons (Fsp3) is 0.417. The quantitative estimate of drug-likeness (QED) is 0.523. The lowest BCUT2D eigenvalue weighted by atomic mass is 10.1. The first-order valence-electron chi connectivity index (χ1n) is 5.35.